The molecular formula is C10H13N5O2. The number of nitrogen functional groups attached to an aromatic ring is 1. The Morgan fingerprint density at radius 2 is 2.41 bits per heavy atom. The number of anilines is 1. The molecule has 0 bridgehead atoms. The van der Waals surface area contributed by atoms with E-state index in [0.29, 0.717) is 17.1 Å². The van der Waals surface area contributed by atoms with Crippen molar-refractivity contribution in [1.82, 2.24) is 19.5 Å². The lowest BCUT2D eigenvalue weighted by Gasteiger charge is -2.18. The van der Waals surface area contributed by atoms with Crippen LogP contribution in [-0.4, -0.2) is 31.2 Å². The van der Waals surface area contributed by atoms with E-state index in [1.165, 1.54) is 10.9 Å². The maximum Gasteiger partial charge on any atom is 0.281 e. The molecule has 2 aromatic rings. The number of rotatable bonds is 3. The number of aliphatic hydroxyl groups is 1. The van der Waals surface area contributed by atoms with Crippen molar-refractivity contribution in [2.24, 2.45) is 5.92 Å². The van der Waals surface area contributed by atoms with Gasteiger partial charge in [-0.15, -0.1) is 0 Å². The lowest BCUT2D eigenvalue weighted by molar-refractivity contribution is 0.210. The second-order valence-corrected chi connectivity index (χ2v) is 4.33. The van der Waals surface area contributed by atoms with Crippen LogP contribution < -0.4 is 11.3 Å². The van der Waals surface area contributed by atoms with E-state index in [0.717, 1.165) is 12.8 Å². The summed E-state index contributed by atoms with van der Waals surface area (Å²) in [6, 6.07) is -0.275. The molecule has 2 aromatic heterocycles. The highest BCUT2D eigenvalue weighted by molar-refractivity contribution is 5.69. The first-order chi connectivity index (χ1) is 8.22. The van der Waals surface area contributed by atoms with Crippen LogP contribution in [0.25, 0.3) is 11.2 Å². The van der Waals surface area contributed by atoms with Gasteiger partial charge in [0.1, 0.15) is 0 Å². The number of hydrogen-bond donors (Lipinski definition) is 3. The number of nitrogens with two attached hydrogens (primary N) is 1. The van der Waals surface area contributed by atoms with Gasteiger partial charge in [0.2, 0.25) is 5.95 Å². The molecule has 1 aliphatic carbocycles. The molecule has 1 fully saturated rings. The van der Waals surface area contributed by atoms with Gasteiger partial charge in [0.15, 0.2) is 11.2 Å². The van der Waals surface area contributed by atoms with Gasteiger partial charge in [-0.05, 0) is 18.8 Å². The zero-order chi connectivity index (χ0) is 12.0. The third-order valence-electron chi connectivity index (χ3n) is 3.20. The van der Waals surface area contributed by atoms with Crippen LogP contribution in [0, 0.1) is 5.92 Å². The zero-order valence-corrected chi connectivity index (χ0v) is 9.13. The molecule has 0 saturated heterocycles. The van der Waals surface area contributed by atoms with E-state index in [1.807, 2.05) is 0 Å². The fourth-order valence-electron chi connectivity index (χ4n) is 2.16. The van der Waals surface area contributed by atoms with Crippen molar-refractivity contribution in [3.63, 3.8) is 0 Å². The molecule has 7 nitrogen and oxygen atoms in total. The van der Waals surface area contributed by atoms with Crippen molar-refractivity contribution >= 4 is 17.1 Å². The fraction of sp³-hybridized carbons (Fsp3) is 0.500. The smallest absolute Gasteiger partial charge is 0.281 e. The quantitative estimate of drug-likeness (QED) is 0.673. The largest absolute Gasteiger partial charge is 0.394 e. The molecule has 1 saturated carbocycles. The van der Waals surface area contributed by atoms with Gasteiger partial charge in [-0.3, -0.25) is 9.36 Å². The highest BCUT2D eigenvalue weighted by Crippen LogP contribution is 2.39. The predicted molar refractivity (Wildman–Crippen MR) is 61.4 cm³/mol. The van der Waals surface area contributed by atoms with Crippen LogP contribution >= 0.6 is 0 Å². The predicted octanol–water partition coefficient (Wildman–Crippen LogP) is -0.355. The summed E-state index contributed by atoms with van der Waals surface area (Å²) < 4.78 is 1.37. The number of hydrogen-bond acceptors (Lipinski definition) is 5. The molecule has 4 N–H and O–H groups in total. The van der Waals surface area contributed by atoms with Crippen LogP contribution in [0.5, 0.6) is 0 Å². The molecule has 0 aromatic carbocycles. The monoisotopic (exact) mass is 235 g/mol. The zero-order valence-electron chi connectivity index (χ0n) is 9.13. The van der Waals surface area contributed by atoms with E-state index in [-0.39, 0.29) is 24.2 Å². The Balaban J connectivity index is 2.23. The number of fused-ring (bicyclic) bond motifs is 1. The number of aromatic nitrogens is 4. The number of H-pyrrole nitrogens is 1. The molecule has 0 spiro atoms. The topological polar surface area (TPSA) is 110 Å². The third kappa shape index (κ3) is 1.50. The van der Waals surface area contributed by atoms with Gasteiger partial charge in [0.05, 0.1) is 19.0 Å². The second kappa shape index (κ2) is 3.56. The van der Waals surface area contributed by atoms with Crippen LogP contribution in [0.1, 0.15) is 18.9 Å². The molecule has 1 atom stereocenters. The van der Waals surface area contributed by atoms with Crippen molar-refractivity contribution in [1.29, 1.82) is 0 Å². The van der Waals surface area contributed by atoms with Crippen molar-refractivity contribution < 1.29 is 5.11 Å². The molecule has 2 heterocycles. The summed E-state index contributed by atoms with van der Waals surface area (Å²) in [5.74, 6) is 0.433. The van der Waals surface area contributed by atoms with E-state index in [1.54, 1.807) is 0 Å². The van der Waals surface area contributed by atoms with Gasteiger partial charge in [0.25, 0.3) is 5.56 Å². The first kappa shape index (κ1) is 10.3. The minimum Gasteiger partial charge on any atom is -0.394 e. The van der Waals surface area contributed by atoms with E-state index in [9.17, 15) is 9.90 Å². The Labute approximate surface area is 96.3 Å². The Bertz CT molecular complexity index is 613. The summed E-state index contributed by atoms with van der Waals surface area (Å²) in [6.45, 7) is -0.101. The molecule has 0 aliphatic heterocycles. The summed E-state index contributed by atoms with van der Waals surface area (Å²) in [5.41, 5.74) is 6.16. The first-order valence-corrected chi connectivity index (χ1v) is 5.54. The molecule has 7 heteroatoms. The molecule has 17 heavy (non-hydrogen) atoms. The maximum atomic E-state index is 12.2. The minimum absolute atomic E-state index is 0.101. The molecule has 0 radical (unpaired) electrons. The number of nitrogens with one attached hydrogen (secondary N) is 1. The van der Waals surface area contributed by atoms with E-state index in [4.69, 9.17) is 5.73 Å². The van der Waals surface area contributed by atoms with Gasteiger partial charge in [-0.2, -0.15) is 4.98 Å². The van der Waals surface area contributed by atoms with E-state index < -0.39 is 0 Å². The minimum atomic E-state index is -0.275. The summed E-state index contributed by atoms with van der Waals surface area (Å²) in [5, 5.41) is 9.39. The molecule has 90 valence electrons. The molecule has 1 unspecified atom stereocenters. The summed E-state index contributed by atoms with van der Waals surface area (Å²) in [7, 11) is 0. The standard InChI is InChI=1S/C10H13N5O2/c11-10-14-8-7(12-4-13-8)9(17)15(10)6(3-16)5-1-2-5/h4-6,16H,1-3H2,(H2,11,14)(H,12,13). The van der Waals surface area contributed by atoms with Gasteiger partial charge in [-0.25, -0.2) is 4.98 Å². The Morgan fingerprint density at radius 3 is 3.06 bits per heavy atom. The number of aromatic amines is 1. The lowest BCUT2D eigenvalue weighted by atomic mass is 10.2. The van der Waals surface area contributed by atoms with Gasteiger partial charge in [0, 0.05) is 0 Å². The maximum absolute atomic E-state index is 12.2. The van der Waals surface area contributed by atoms with Crippen molar-refractivity contribution in [2.45, 2.75) is 18.9 Å². The number of nitrogens with zero attached hydrogens (tertiary/aromatic N) is 3. The van der Waals surface area contributed by atoms with Crippen molar-refractivity contribution in [3.05, 3.63) is 16.7 Å². The van der Waals surface area contributed by atoms with Gasteiger partial charge < -0.3 is 15.8 Å². The summed E-state index contributed by atoms with van der Waals surface area (Å²) in [4.78, 5) is 22.9. The van der Waals surface area contributed by atoms with Crippen LogP contribution in [-0.2, 0) is 0 Å². The Kier molecular flexibility index (Phi) is 2.15. The van der Waals surface area contributed by atoms with Crippen LogP contribution in [0.3, 0.4) is 0 Å². The molecule has 3 rings (SSSR count). The SMILES string of the molecule is Nc1nc2nc[nH]c2c(=O)n1C(CO)C1CC1. The second-order valence-electron chi connectivity index (χ2n) is 4.33. The van der Waals surface area contributed by atoms with Crippen LogP contribution in [0.4, 0.5) is 5.95 Å². The van der Waals surface area contributed by atoms with E-state index in [2.05, 4.69) is 15.0 Å². The third-order valence-corrected chi connectivity index (χ3v) is 3.20. The Morgan fingerprint density at radius 1 is 1.65 bits per heavy atom. The Hall–Kier alpha value is -1.89. The number of imidazole rings is 1. The fourth-order valence-corrected chi connectivity index (χ4v) is 2.16. The van der Waals surface area contributed by atoms with E-state index >= 15 is 0 Å². The first-order valence-electron chi connectivity index (χ1n) is 5.54. The average molecular weight is 235 g/mol. The lowest BCUT2D eigenvalue weighted by Crippen LogP contribution is -2.31. The summed E-state index contributed by atoms with van der Waals surface area (Å²) >= 11 is 0. The normalized spacial score (nSPS) is 17.5. The highest BCUT2D eigenvalue weighted by atomic mass is 16.3. The van der Waals surface area contributed by atoms with Gasteiger partial charge in [-0.1, -0.05) is 0 Å². The molecule has 0 amide bonds. The number of aliphatic hydroxyl groups excluding tert-OH is 1. The van der Waals surface area contributed by atoms with Crippen molar-refractivity contribution in [2.75, 3.05) is 12.3 Å². The molecule has 1 aliphatic rings. The molecular weight excluding hydrogens is 222 g/mol. The average Bonchev–Trinajstić information content (AvgIpc) is 3.03. The van der Waals surface area contributed by atoms with Crippen molar-refractivity contribution in [3.8, 4) is 0 Å². The highest BCUT2D eigenvalue weighted by Gasteiger charge is 2.34. The summed E-state index contributed by atoms with van der Waals surface area (Å²) in [6.07, 6.45) is 3.43. The van der Waals surface area contributed by atoms with Crippen LogP contribution in [0.15, 0.2) is 11.1 Å². The van der Waals surface area contributed by atoms with Crippen LogP contribution in [0.2, 0.25) is 0 Å². The van der Waals surface area contributed by atoms with Gasteiger partial charge >= 0.3 is 0 Å².